The van der Waals surface area contributed by atoms with E-state index in [0.29, 0.717) is 5.56 Å². The number of nitrogens with one attached hydrogen (secondary N) is 1. The molecular formula is C24H25N5O8S. The maximum atomic E-state index is 13.1. The molecule has 2 saturated heterocycles. The Labute approximate surface area is 218 Å². The summed E-state index contributed by atoms with van der Waals surface area (Å²) in [7, 11) is -3.89. The average Bonchev–Trinajstić information content (AvgIpc) is 3.12. The Morgan fingerprint density at radius 1 is 1.05 bits per heavy atom. The smallest absolute Gasteiger partial charge is 0.325 e. The predicted octanol–water partition coefficient (Wildman–Crippen LogP) is 1.10. The van der Waals surface area contributed by atoms with Crippen LogP contribution in [0.1, 0.15) is 29.8 Å². The molecule has 1 N–H and O–H groups in total. The molecule has 0 radical (unpaired) electrons. The second-order valence-corrected chi connectivity index (χ2v) is 11.1. The molecule has 0 bridgehead atoms. The first kappa shape index (κ1) is 26.9. The van der Waals surface area contributed by atoms with Crippen LogP contribution < -0.4 is 5.32 Å². The average molecular weight is 544 g/mol. The number of nitrogens with zero attached hydrogens (tertiary/aromatic N) is 4. The summed E-state index contributed by atoms with van der Waals surface area (Å²) in [6, 6.07) is 10.1. The second kappa shape index (κ2) is 9.95. The van der Waals surface area contributed by atoms with Gasteiger partial charge in [-0.3, -0.25) is 29.4 Å². The molecule has 0 aromatic heterocycles. The van der Waals surface area contributed by atoms with E-state index in [-0.39, 0.29) is 48.1 Å². The standard InChI is InChI=1S/C24H25N5O8S/c1-16(30)17-4-3-5-20(14-17)38(36,37)27-12-10-26(11-13-27)21(31)15-28-22(32)24(2,25-23(28)33)18-6-8-19(9-7-18)29(34)35/h3-9,14H,10-13,15H2,1-2H3,(H,25,33)/t24-/m0/s1. The van der Waals surface area contributed by atoms with Gasteiger partial charge in [0.2, 0.25) is 15.9 Å². The lowest BCUT2D eigenvalue weighted by Crippen LogP contribution is -2.53. The first-order valence-corrected chi connectivity index (χ1v) is 13.1. The predicted molar refractivity (Wildman–Crippen MR) is 132 cm³/mol. The zero-order valence-electron chi connectivity index (χ0n) is 20.6. The van der Waals surface area contributed by atoms with Gasteiger partial charge < -0.3 is 10.2 Å². The number of nitro benzene ring substituents is 1. The molecule has 14 heteroatoms. The monoisotopic (exact) mass is 543 g/mol. The number of urea groups is 1. The van der Waals surface area contributed by atoms with E-state index < -0.39 is 44.9 Å². The van der Waals surface area contributed by atoms with Gasteiger partial charge in [0.05, 0.1) is 9.82 Å². The van der Waals surface area contributed by atoms with Gasteiger partial charge in [0.1, 0.15) is 12.1 Å². The number of hydrogen-bond donors (Lipinski definition) is 1. The van der Waals surface area contributed by atoms with Crippen molar-refractivity contribution in [3.8, 4) is 0 Å². The van der Waals surface area contributed by atoms with Crippen LogP contribution >= 0.6 is 0 Å². The zero-order chi connectivity index (χ0) is 27.8. The van der Waals surface area contributed by atoms with E-state index in [4.69, 9.17) is 0 Å². The Morgan fingerprint density at radius 3 is 2.26 bits per heavy atom. The number of piperazine rings is 1. The molecule has 13 nitrogen and oxygen atoms in total. The fourth-order valence-corrected chi connectivity index (χ4v) is 5.86. The van der Waals surface area contributed by atoms with Gasteiger partial charge in [0.25, 0.3) is 11.6 Å². The summed E-state index contributed by atoms with van der Waals surface area (Å²) in [4.78, 5) is 62.7. The molecule has 2 heterocycles. The molecule has 0 spiro atoms. The van der Waals surface area contributed by atoms with Crippen molar-refractivity contribution >= 4 is 39.3 Å². The summed E-state index contributed by atoms with van der Waals surface area (Å²) < 4.78 is 27.3. The summed E-state index contributed by atoms with van der Waals surface area (Å²) in [5, 5.41) is 13.5. The first-order chi connectivity index (χ1) is 17.8. The quantitative estimate of drug-likeness (QED) is 0.234. The van der Waals surface area contributed by atoms with Gasteiger partial charge in [0, 0.05) is 43.9 Å². The van der Waals surface area contributed by atoms with Crippen LogP contribution in [0.4, 0.5) is 10.5 Å². The number of imide groups is 1. The number of benzene rings is 2. The number of non-ortho nitro benzene ring substituents is 1. The number of sulfonamides is 1. The Hall–Kier alpha value is -4.17. The van der Waals surface area contributed by atoms with Crippen molar-refractivity contribution in [2.75, 3.05) is 32.7 Å². The van der Waals surface area contributed by atoms with Crippen LogP contribution in [0.2, 0.25) is 0 Å². The van der Waals surface area contributed by atoms with E-state index in [1.807, 2.05) is 0 Å². The Kier molecular flexibility index (Phi) is 7.04. The molecule has 0 saturated carbocycles. The summed E-state index contributed by atoms with van der Waals surface area (Å²) in [6.07, 6.45) is 0. The minimum absolute atomic E-state index is 0.000967. The molecule has 4 rings (SSSR count). The fourth-order valence-electron chi connectivity index (χ4n) is 4.39. The molecule has 2 aliphatic rings. The highest BCUT2D eigenvalue weighted by atomic mass is 32.2. The lowest BCUT2D eigenvalue weighted by molar-refractivity contribution is -0.384. The number of ketones is 1. The van der Waals surface area contributed by atoms with Crippen molar-refractivity contribution < 1.29 is 32.5 Å². The first-order valence-electron chi connectivity index (χ1n) is 11.6. The number of rotatable bonds is 7. The second-order valence-electron chi connectivity index (χ2n) is 9.12. The lowest BCUT2D eigenvalue weighted by Gasteiger charge is -2.34. The van der Waals surface area contributed by atoms with Crippen molar-refractivity contribution in [1.29, 1.82) is 0 Å². The van der Waals surface area contributed by atoms with E-state index in [0.717, 1.165) is 4.90 Å². The molecule has 1 atom stereocenters. The number of hydrogen-bond acceptors (Lipinski definition) is 8. The van der Waals surface area contributed by atoms with Crippen LogP contribution in [0.3, 0.4) is 0 Å². The molecule has 200 valence electrons. The van der Waals surface area contributed by atoms with Crippen LogP contribution in [-0.4, -0.2) is 83.8 Å². The third-order valence-electron chi connectivity index (χ3n) is 6.69. The molecule has 2 aliphatic heterocycles. The summed E-state index contributed by atoms with van der Waals surface area (Å²) in [5.41, 5.74) is -1.08. The Bertz CT molecular complexity index is 1430. The van der Waals surface area contributed by atoms with Gasteiger partial charge in [-0.15, -0.1) is 0 Å². The number of nitro groups is 1. The molecular weight excluding hydrogens is 518 g/mol. The van der Waals surface area contributed by atoms with Gasteiger partial charge in [-0.2, -0.15) is 4.31 Å². The maximum Gasteiger partial charge on any atom is 0.325 e. The zero-order valence-corrected chi connectivity index (χ0v) is 21.4. The minimum atomic E-state index is -3.89. The largest absolute Gasteiger partial charge is 0.338 e. The number of carbonyl (C=O) groups is 4. The summed E-state index contributed by atoms with van der Waals surface area (Å²) in [5.74, 6) is -1.48. The Balaban J connectivity index is 1.40. The van der Waals surface area contributed by atoms with Crippen LogP contribution in [-0.2, 0) is 25.2 Å². The van der Waals surface area contributed by atoms with Crippen molar-refractivity contribution in [3.63, 3.8) is 0 Å². The van der Waals surface area contributed by atoms with Gasteiger partial charge in [0.15, 0.2) is 5.78 Å². The Morgan fingerprint density at radius 2 is 1.68 bits per heavy atom. The number of carbonyl (C=O) groups excluding carboxylic acids is 4. The summed E-state index contributed by atoms with van der Waals surface area (Å²) in [6.45, 7) is 2.35. The van der Waals surface area contributed by atoms with E-state index in [1.165, 1.54) is 71.6 Å². The van der Waals surface area contributed by atoms with E-state index in [2.05, 4.69) is 5.32 Å². The molecule has 38 heavy (non-hydrogen) atoms. The molecule has 2 aromatic carbocycles. The lowest BCUT2D eigenvalue weighted by atomic mass is 9.92. The van der Waals surface area contributed by atoms with Crippen LogP contribution in [0.25, 0.3) is 0 Å². The van der Waals surface area contributed by atoms with Crippen molar-refractivity contribution in [2.24, 2.45) is 0 Å². The van der Waals surface area contributed by atoms with Crippen LogP contribution in [0, 0.1) is 10.1 Å². The van der Waals surface area contributed by atoms with Crippen molar-refractivity contribution in [3.05, 3.63) is 69.8 Å². The third kappa shape index (κ3) is 4.87. The molecule has 2 fully saturated rings. The molecule has 4 amide bonds. The van der Waals surface area contributed by atoms with E-state index in [9.17, 15) is 37.7 Å². The van der Waals surface area contributed by atoms with Crippen molar-refractivity contribution in [2.45, 2.75) is 24.3 Å². The van der Waals surface area contributed by atoms with Gasteiger partial charge in [-0.05, 0) is 43.7 Å². The highest BCUT2D eigenvalue weighted by Gasteiger charge is 2.50. The SMILES string of the molecule is CC(=O)c1cccc(S(=O)(=O)N2CCN(C(=O)CN3C(=O)N[C@@](C)(c4ccc([N+](=O)[O-])cc4)C3=O)CC2)c1. The van der Waals surface area contributed by atoms with Crippen LogP contribution in [0.5, 0.6) is 0 Å². The van der Waals surface area contributed by atoms with Gasteiger partial charge in [-0.1, -0.05) is 12.1 Å². The molecule has 0 unspecified atom stereocenters. The van der Waals surface area contributed by atoms with E-state index >= 15 is 0 Å². The van der Waals surface area contributed by atoms with Crippen LogP contribution in [0.15, 0.2) is 53.4 Å². The van der Waals surface area contributed by atoms with Crippen molar-refractivity contribution in [1.82, 2.24) is 19.4 Å². The molecule has 2 aromatic rings. The normalized spacial score (nSPS) is 20.4. The minimum Gasteiger partial charge on any atom is -0.338 e. The fraction of sp³-hybridized carbons (Fsp3) is 0.333. The number of Topliss-reactive ketones (excluding diaryl/α,β-unsaturated/α-hetero) is 1. The molecule has 0 aliphatic carbocycles. The van der Waals surface area contributed by atoms with E-state index in [1.54, 1.807) is 0 Å². The highest BCUT2D eigenvalue weighted by molar-refractivity contribution is 7.89. The van der Waals surface area contributed by atoms with Gasteiger partial charge in [-0.25, -0.2) is 13.2 Å². The highest BCUT2D eigenvalue weighted by Crippen LogP contribution is 2.30. The maximum absolute atomic E-state index is 13.1. The van der Waals surface area contributed by atoms with Gasteiger partial charge >= 0.3 is 6.03 Å². The topological polar surface area (TPSA) is 167 Å². The number of amides is 4. The summed E-state index contributed by atoms with van der Waals surface area (Å²) >= 11 is 0. The third-order valence-corrected chi connectivity index (χ3v) is 8.59.